The first-order valence-electron chi connectivity index (χ1n) is 9.84. The van der Waals surface area contributed by atoms with Gasteiger partial charge in [0.15, 0.2) is 5.96 Å². The Morgan fingerprint density at radius 3 is 2.48 bits per heavy atom. The number of aryl methyl sites for hydroxylation is 1. The van der Waals surface area contributed by atoms with E-state index in [-0.39, 0.29) is 24.0 Å². The van der Waals surface area contributed by atoms with Crippen LogP contribution in [0.2, 0.25) is 0 Å². The van der Waals surface area contributed by atoms with Crippen LogP contribution in [0.1, 0.15) is 22.5 Å². The second-order valence-electron chi connectivity index (χ2n) is 6.88. The van der Waals surface area contributed by atoms with Crippen molar-refractivity contribution in [2.75, 3.05) is 21.3 Å². The molecule has 3 aromatic rings. The third kappa shape index (κ3) is 6.88. The van der Waals surface area contributed by atoms with Gasteiger partial charge in [-0.25, -0.2) is 4.98 Å². The summed E-state index contributed by atoms with van der Waals surface area (Å²) in [6.07, 6.45) is 3.83. The average molecular weight is 535 g/mol. The zero-order chi connectivity index (χ0) is 21.3. The molecular weight excluding hydrogens is 505 g/mol. The van der Waals surface area contributed by atoms with Crippen LogP contribution in [-0.4, -0.2) is 36.8 Å². The molecule has 0 aliphatic rings. The monoisotopic (exact) mass is 535 g/mol. The summed E-state index contributed by atoms with van der Waals surface area (Å²) in [7, 11) is 5.06. The fourth-order valence-corrected chi connectivity index (χ4v) is 3.19. The molecule has 0 aliphatic heterocycles. The highest BCUT2D eigenvalue weighted by Crippen LogP contribution is 2.24. The topological polar surface area (TPSA) is 72.7 Å². The molecular formula is C23H30IN5O2. The Kier molecular flexibility index (Phi) is 9.64. The minimum Gasteiger partial charge on any atom is -0.497 e. The summed E-state index contributed by atoms with van der Waals surface area (Å²) in [6.45, 7) is 4.09. The highest BCUT2D eigenvalue weighted by atomic mass is 127. The molecule has 0 saturated heterocycles. The SMILES string of the molecule is CN=C(NCc1cccc(Cn2ccnc2C)c1)NCc1ccc(OC)cc1OC.I. The zero-order valence-electron chi connectivity index (χ0n) is 18.4. The smallest absolute Gasteiger partial charge is 0.191 e. The van der Waals surface area contributed by atoms with Gasteiger partial charge in [0.2, 0.25) is 0 Å². The number of nitrogens with zero attached hydrogens (tertiary/aromatic N) is 3. The number of nitrogens with one attached hydrogen (secondary N) is 2. The van der Waals surface area contributed by atoms with Gasteiger partial charge in [-0.2, -0.15) is 0 Å². The number of methoxy groups -OCH3 is 2. The Morgan fingerprint density at radius 1 is 1.03 bits per heavy atom. The molecule has 166 valence electrons. The van der Waals surface area contributed by atoms with Crippen molar-refractivity contribution in [1.82, 2.24) is 20.2 Å². The van der Waals surface area contributed by atoms with Crippen LogP contribution in [0.25, 0.3) is 0 Å². The quantitative estimate of drug-likeness (QED) is 0.261. The van der Waals surface area contributed by atoms with Gasteiger partial charge in [-0.05, 0) is 30.2 Å². The van der Waals surface area contributed by atoms with Crippen LogP contribution >= 0.6 is 24.0 Å². The van der Waals surface area contributed by atoms with E-state index >= 15 is 0 Å². The number of guanidine groups is 1. The van der Waals surface area contributed by atoms with Crippen molar-refractivity contribution in [3.05, 3.63) is 77.4 Å². The van der Waals surface area contributed by atoms with Crippen molar-refractivity contribution in [1.29, 1.82) is 0 Å². The van der Waals surface area contributed by atoms with Gasteiger partial charge in [-0.3, -0.25) is 4.99 Å². The number of aliphatic imine (C=N–C) groups is 1. The van der Waals surface area contributed by atoms with Gasteiger partial charge in [0, 0.05) is 50.7 Å². The number of halogens is 1. The summed E-state index contributed by atoms with van der Waals surface area (Å²) in [6, 6.07) is 14.3. The second kappa shape index (κ2) is 12.2. The zero-order valence-corrected chi connectivity index (χ0v) is 20.7. The van der Waals surface area contributed by atoms with Gasteiger partial charge >= 0.3 is 0 Å². The third-order valence-corrected chi connectivity index (χ3v) is 4.89. The maximum Gasteiger partial charge on any atom is 0.191 e. The van der Waals surface area contributed by atoms with E-state index in [9.17, 15) is 0 Å². The van der Waals surface area contributed by atoms with Crippen LogP contribution < -0.4 is 20.1 Å². The van der Waals surface area contributed by atoms with Crippen molar-refractivity contribution in [3.63, 3.8) is 0 Å². The van der Waals surface area contributed by atoms with Gasteiger partial charge in [0.1, 0.15) is 17.3 Å². The predicted molar refractivity (Wildman–Crippen MR) is 135 cm³/mol. The van der Waals surface area contributed by atoms with Crippen LogP contribution in [0.15, 0.2) is 59.9 Å². The predicted octanol–water partition coefficient (Wildman–Crippen LogP) is 3.74. The molecule has 1 heterocycles. The number of hydrogen-bond donors (Lipinski definition) is 2. The lowest BCUT2D eigenvalue weighted by Crippen LogP contribution is -2.36. The number of aromatic nitrogens is 2. The molecule has 0 spiro atoms. The molecule has 0 fully saturated rings. The standard InChI is InChI=1S/C23H29N5O2.HI/c1-17-25-10-11-28(17)16-19-7-5-6-18(12-19)14-26-23(24-2)27-15-20-8-9-21(29-3)13-22(20)30-4;/h5-13H,14-16H2,1-4H3,(H2,24,26,27);1H. The van der Waals surface area contributed by atoms with Gasteiger partial charge in [-0.1, -0.05) is 24.3 Å². The molecule has 0 amide bonds. The van der Waals surface area contributed by atoms with Crippen molar-refractivity contribution in [3.8, 4) is 11.5 Å². The molecule has 0 saturated carbocycles. The molecule has 0 aliphatic carbocycles. The van der Waals surface area contributed by atoms with Crippen molar-refractivity contribution in [2.45, 2.75) is 26.6 Å². The van der Waals surface area contributed by atoms with Gasteiger partial charge in [0.05, 0.1) is 14.2 Å². The number of imidazole rings is 1. The van der Waals surface area contributed by atoms with E-state index in [0.29, 0.717) is 13.1 Å². The first kappa shape index (κ1) is 24.5. The van der Waals surface area contributed by atoms with E-state index in [1.165, 1.54) is 11.1 Å². The summed E-state index contributed by atoms with van der Waals surface area (Å²) in [4.78, 5) is 8.60. The van der Waals surface area contributed by atoms with Crippen LogP contribution in [0, 0.1) is 6.92 Å². The number of benzene rings is 2. The lowest BCUT2D eigenvalue weighted by molar-refractivity contribution is 0.390. The Morgan fingerprint density at radius 2 is 1.81 bits per heavy atom. The van der Waals surface area contributed by atoms with Crippen LogP contribution in [0.3, 0.4) is 0 Å². The van der Waals surface area contributed by atoms with E-state index in [1.807, 2.05) is 37.5 Å². The van der Waals surface area contributed by atoms with Crippen molar-refractivity contribution >= 4 is 29.9 Å². The Labute approximate surface area is 200 Å². The minimum atomic E-state index is 0. The van der Waals surface area contributed by atoms with E-state index in [2.05, 4.69) is 49.4 Å². The third-order valence-electron chi connectivity index (χ3n) is 4.89. The van der Waals surface area contributed by atoms with Crippen molar-refractivity contribution < 1.29 is 9.47 Å². The highest BCUT2D eigenvalue weighted by molar-refractivity contribution is 14.0. The molecule has 0 radical (unpaired) electrons. The summed E-state index contributed by atoms with van der Waals surface area (Å²) in [5.41, 5.74) is 3.45. The summed E-state index contributed by atoms with van der Waals surface area (Å²) in [5.74, 6) is 3.28. The fourth-order valence-electron chi connectivity index (χ4n) is 3.19. The molecule has 7 nitrogen and oxygen atoms in total. The summed E-state index contributed by atoms with van der Waals surface area (Å²) < 4.78 is 12.8. The second-order valence-corrected chi connectivity index (χ2v) is 6.88. The lowest BCUT2D eigenvalue weighted by Gasteiger charge is -2.15. The van der Waals surface area contributed by atoms with E-state index in [4.69, 9.17) is 9.47 Å². The van der Waals surface area contributed by atoms with Crippen molar-refractivity contribution in [2.24, 2.45) is 4.99 Å². The molecule has 3 rings (SSSR count). The molecule has 2 aromatic carbocycles. The molecule has 31 heavy (non-hydrogen) atoms. The first-order valence-corrected chi connectivity index (χ1v) is 9.84. The normalized spacial score (nSPS) is 10.9. The number of hydrogen-bond acceptors (Lipinski definition) is 4. The highest BCUT2D eigenvalue weighted by Gasteiger charge is 2.07. The summed E-state index contributed by atoms with van der Waals surface area (Å²) >= 11 is 0. The van der Waals surface area contributed by atoms with Crippen LogP contribution in [-0.2, 0) is 19.6 Å². The average Bonchev–Trinajstić information content (AvgIpc) is 3.18. The van der Waals surface area contributed by atoms with Gasteiger partial charge in [0.25, 0.3) is 0 Å². The van der Waals surface area contributed by atoms with Gasteiger partial charge in [-0.15, -0.1) is 24.0 Å². The Bertz CT molecular complexity index is 1000. The Balaban J connectivity index is 0.00000341. The van der Waals surface area contributed by atoms with Crippen LogP contribution in [0.4, 0.5) is 0 Å². The minimum absolute atomic E-state index is 0. The van der Waals surface area contributed by atoms with Gasteiger partial charge < -0.3 is 24.7 Å². The molecule has 1 aromatic heterocycles. The van der Waals surface area contributed by atoms with Crippen LogP contribution in [0.5, 0.6) is 11.5 Å². The molecule has 0 bridgehead atoms. The van der Waals surface area contributed by atoms with E-state index < -0.39 is 0 Å². The maximum atomic E-state index is 5.46. The fraction of sp³-hybridized carbons (Fsp3) is 0.304. The molecule has 2 N–H and O–H groups in total. The number of rotatable bonds is 8. The number of ether oxygens (including phenoxy) is 2. The first-order chi connectivity index (χ1) is 14.6. The van der Waals surface area contributed by atoms with E-state index in [1.54, 1.807) is 21.3 Å². The molecule has 8 heteroatoms. The maximum absolute atomic E-state index is 5.46. The lowest BCUT2D eigenvalue weighted by atomic mass is 10.1. The Hall–Kier alpha value is -2.75. The van der Waals surface area contributed by atoms with E-state index in [0.717, 1.165) is 35.4 Å². The largest absolute Gasteiger partial charge is 0.497 e. The molecule has 0 unspecified atom stereocenters. The summed E-state index contributed by atoms with van der Waals surface area (Å²) in [5, 5.41) is 6.70. The molecule has 0 atom stereocenters.